The van der Waals surface area contributed by atoms with Crippen molar-refractivity contribution in [1.29, 1.82) is 0 Å². The van der Waals surface area contributed by atoms with Gasteiger partial charge in [-0.05, 0) is 43.7 Å². The maximum atomic E-state index is 11.4. The number of pyridine rings is 1. The maximum Gasteiger partial charge on any atom is 0.310 e. The molecule has 1 aromatic heterocycles. The van der Waals surface area contributed by atoms with E-state index in [0.717, 1.165) is 17.0 Å². The van der Waals surface area contributed by atoms with E-state index in [9.17, 15) is 4.79 Å². The summed E-state index contributed by atoms with van der Waals surface area (Å²) in [4.78, 5) is 15.5. The quantitative estimate of drug-likeness (QED) is 0.783. The molecule has 104 valence electrons. The fourth-order valence-corrected chi connectivity index (χ4v) is 1.76. The number of hydrogen-bond acceptors (Lipinski definition) is 4. The summed E-state index contributed by atoms with van der Waals surface area (Å²) in [6, 6.07) is 11.1. The van der Waals surface area contributed by atoms with Crippen molar-refractivity contribution in [2.24, 2.45) is 0 Å². The molecule has 4 nitrogen and oxygen atoms in total. The van der Waals surface area contributed by atoms with Crippen LogP contribution in [-0.2, 0) is 16.0 Å². The second-order valence-electron chi connectivity index (χ2n) is 4.31. The first-order valence-corrected chi connectivity index (χ1v) is 6.53. The van der Waals surface area contributed by atoms with E-state index < -0.39 is 0 Å². The van der Waals surface area contributed by atoms with Crippen LogP contribution in [0.15, 0.2) is 42.6 Å². The van der Waals surface area contributed by atoms with E-state index in [-0.39, 0.29) is 12.4 Å². The van der Waals surface area contributed by atoms with Crippen LogP contribution in [0.5, 0.6) is 11.5 Å². The second kappa shape index (κ2) is 6.70. The summed E-state index contributed by atoms with van der Waals surface area (Å²) >= 11 is 0. The lowest BCUT2D eigenvalue weighted by atomic mass is 10.1. The Morgan fingerprint density at radius 1 is 1.20 bits per heavy atom. The Morgan fingerprint density at radius 3 is 2.60 bits per heavy atom. The standard InChI is InChI=1S/C16H17NO3/c1-3-19-16(18)11-13-6-8-14(9-7-13)20-15-5-4-10-17-12(15)2/h4-10H,3,11H2,1-2H3. The average molecular weight is 271 g/mol. The molecule has 1 aromatic carbocycles. The van der Waals surface area contributed by atoms with Gasteiger partial charge < -0.3 is 9.47 Å². The maximum absolute atomic E-state index is 11.4. The smallest absolute Gasteiger partial charge is 0.310 e. The van der Waals surface area contributed by atoms with E-state index in [1.165, 1.54) is 0 Å². The van der Waals surface area contributed by atoms with Crippen LogP contribution in [0.4, 0.5) is 0 Å². The van der Waals surface area contributed by atoms with Crippen LogP contribution in [0.25, 0.3) is 0 Å². The van der Waals surface area contributed by atoms with Gasteiger partial charge in [-0.25, -0.2) is 0 Å². The Labute approximate surface area is 118 Å². The molecule has 0 radical (unpaired) electrons. The van der Waals surface area contributed by atoms with Crippen LogP contribution in [0.1, 0.15) is 18.2 Å². The van der Waals surface area contributed by atoms with Gasteiger partial charge in [-0.1, -0.05) is 12.1 Å². The highest BCUT2D eigenvalue weighted by Crippen LogP contribution is 2.23. The summed E-state index contributed by atoms with van der Waals surface area (Å²) in [5.41, 5.74) is 1.74. The minimum absolute atomic E-state index is 0.218. The number of hydrogen-bond donors (Lipinski definition) is 0. The monoisotopic (exact) mass is 271 g/mol. The number of benzene rings is 1. The van der Waals surface area contributed by atoms with Crippen molar-refractivity contribution in [3.8, 4) is 11.5 Å². The second-order valence-corrected chi connectivity index (χ2v) is 4.31. The third kappa shape index (κ3) is 3.82. The van der Waals surface area contributed by atoms with Crippen molar-refractivity contribution in [3.05, 3.63) is 53.9 Å². The van der Waals surface area contributed by atoms with Crippen molar-refractivity contribution in [3.63, 3.8) is 0 Å². The molecule has 1 heterocycles. The molecule has 0 N–H and O–H groups in total. The van der Waals surface area contributed by atoms with Gasteiger partial charge in [0.2, 0.25) is 0 Å². The van der Waals surface area contributed by atoms with Crippen LogP contribution in [-0.4, -0.2) is 17.6 Å². The van der Waals surface area contributed by atoms with Gasteiger partial charge in [-0.2, -0.15) is 0 Å². The van der Waals surface area contributed by atoms with Crippen LogP contribution in [0, 0.1) is 6.92 Å². The molecule has 0 saturated heterocycles. The highest BCUT2D eigenvalue weighted by atomic mass is 16.5. The molecule has 0 unspecified atom stereocenters. The first kappa shape index (κ1) is 14.1. The average Bonchev–Trinajstić information content (AvgIpc) is 2.44. The minimum Gasteiger partial charge on any atom is -0.466 e. The van der Waals surface area contributed by atoms with Gasteiger partial charge in [0.1, 0.15) is 11.5 Å². The van der Waals surface area contributed by atoms with Gasteiger partial charge in [0.05, 0.1) is 18.7 Å². The largest absolute Gasteiger partial charge is 0.466 e. The molecule has 0 saturated carbocycles. The van der Waals surface area contributed by atoms with E-state index in [1.807, 2.05) is 43.3 Å². The van der Waals surface area contributed by atoms with E-state index >= 15 is 0 Å². The molecule has 0 aliphatic heterocycles. The Bertz CT molecular complexity index is 579. The summed E-state index contributed by atoms with van der Waals surface area (Å²) in [5, 5.41) is 0. The topological polar surface area (TPSA) is 48.4 Å². The molecule has 2 aromatic rings. The SMILES string of the molecule is CCOC(=O)Cc1ccc(Oc2cccnc2C)cc1. The molecule has 0 bridgehead atoms. The van der Waals surface area contributed by atoms with Crippen LogP contribution in [0.2, 0.25) is 0 Å². The molecule has 0 atom stereocenters. The van der Waals surface area contributed by atoms with Gasteiger partial charge in [-0.3, -0.25) is 9.78 Å². The number of carbonyl (C=O) groups excluding carboxylic acids is 1. The molecular formula is C16H17NO3. The molecule has 2 rings (SSSR count). The minimum atomic E-state index is -0.218. The molecule has 0 spiro atoms. The van der Waals surface area contributed by atoms with Gasteiger partial charge in [-0.15, -0.1) is 0 Å². The van der Waals surface area contributed by atoms with Crippen molar-refractivity contribution in [2.45, 2.75) is 20.3 Å². The lowest BCUT2D eigenvalue weighted by Crippen LogP contribution is -2.07. The third-order valence-corrected chi connectivity index (χ3v) is 2.76. The van der Waals surface area contributed by atoms with Gasteiger partial charge in [0.15, 0.2) is 0 Å². The first-order chi connectivity index (χ1) is 9.69. The molecular weight excluding hydrogens is 254 g/mol. The predicted octanol–water partition coefficient (Wildman–Crippen LogP) is 3.29. The summed E-state index contributed by atoms with van der Waals surface area (Å²) in [6.07, 6.45) is 2.00. The molecule has 0 fully saturated rings. The highest BCUT2D eigenvalue weighted by molar-refractivity contribution is 5.72. The lowest BCUT2D eigenvalue weighted by Gasteiger charge is -2.08. The van der Waals surface area contributed by atoms with E-state index in [1.54, 1.807) is 13.1 Å². The van der Waals surface area contributed by atoms with Crippen LogP contribution < -0.4 is 4.74 Å². The Morgan fingerprint density at radius 2 is 1.95 bits per heavy atom. The molecule has 0 amide bonds. The number of aryl methyl sites for hydroxylation is 1. The predicted molar refractivity (Wildman–Crippen MR) is 75.8 cm³/mol. The summed E-state index contributed by atoms with van der Waals surface area (Å²) in [7, 11) is 0. The summed E-state index contributed by atoms with van der Waals surface area (Å²) < 4.78 is 10.6. The molecule has 0 aliphatic rings. The fraction of sp³-hybridized carbons (Fsp3) is 0.250. The van der Waals surface area contributed by atoms with Crippen molar-refractivity contribution < 1.29 is 14.3 Å². The zero-order valence-corrected chi connectivity index (χ0v) is 11.6. The van der Waals surface area contributed by atoms with Crippen LogP contribution >= 0.6 is 0 Å². The number of nitrogens with zero attached hydrogens (tertiary/aromatic N) is 1. The zero-order chi connectivity index (χ0) is 14.4. The van der Waals surface area contributed by atoms with Crippen LogP contribution in [0.3, 0.4) is 0 Å². The number of rotatable bonds is 5. The number of ether oxygens (including phenoxy) is 2. The first-order valence-electron chi connectivity index (χ1n) is 6.53. The third-order valence-electron chi connectivity index (χ3n) is 2.76. The van der Waals surface area contributed by atoms with E-state index in [2.05, 4.69) is 4.98 Å². The van der Waals surface area contributed by atoms with Gasteiger partial charge >= 0.3 is 5.97 Å². The summed E-state index contributed by atoms with van der Waals surface area (Å²) in [5.74, 6) is 1.23. The van der Waals surface area contributed by atoms with Gasteiger partial charge in [0, 0.05) is 6.20 Å². The Hall–Kier alpha value is -2.36. The Kier molecular flexibility index (Phi) is 4.71. The number of esters is 1. The Balaban J connectivity index is 2.02. The summed E-state index contributed by atoms with van der Waals surface area (Å²) in [6.45, 7) is 4.09. The normalized spacial score (nSPS) is 10.1. The van der Waals surface area contributed by atoms with Gasteiger partial charge in [0.25, 0.3) is 0 Å². The lowest BCUT2D eigenvalue weighted by molar-refractivity contribution is -0.142. The number of aromatic nitrogens is 1. The highest BCUT2D eigenvalue weighted by Gasteiger charge is 2.05. The number of carbonyl (C=O) groups is 1. The molecule has 0 aliphatic carbocycles. The van der Waals surface area contributed by atoms with Crippen molar-refractivity contribution in [2.75, 3.05) is 6.61 Å². The molecule has 4 heteroatoms. The molecule has 20 heavy (non-hydrogen) atoms. The van der Waals surface area contributed by atoms with E-state index in [4.69, 9.17) is 9.47 Å². The zero-order valence-electron chi connectivity index (χ0n) is 11.6. The van der Waals surface area contributed by atoms with Crippen molar-refractivity contribution in [1.82, 2.24) is 4.98 Å². The fourth-order valence-electron chi connectivity index (χ4n) is 1.76. The van der Waals surface area contributed by atoms with Crippen molar-refractivity contribution >= 4 is 5.97 Å². The van der Waals surface area contributed by atoms with E-state index in [0.29, 0.717) is 12.4 Å².